The van der Waals surface area contributed by atoms with Gasteiger partial charge < -0.3 is 4.90 Å². The van der Waals surface area contributed by atoms with E-state index in [0.717, 1.165) is 17.7 Å². The van der Waals surface area contributed by atoms with Gasteiger partial charge in [0.25, 0.3) is 5.92 Å². The summed E-state index contributed by atoms with van der Waals surface area (Å²) in [5, 5.41) is 2.61. The van der Waals surface area contributed by atoms with Crippen molar-refractivity contribution in [1.29, 1.82) is 0 Å². The third kappa shape index (κ3) is 1.88. The predicted octanol–water partition coefficient (Wildman–Crippen LogP) is 1.57. The molecule has 2 aliphatic rings. The van der Waals surface area contributed by atoms with Gasteiger partial charge in [-0.25, -0.2) is 8.78 Å². The summed E-state index contributed by atoms with van der Waals surface area (Å²) in [7, 11) is 0. The Kier molecular flexibility index (Phi) is 2.59. The molecule has 0 spiro atoms. The maximum absolute atomic E-state index is 13.1. The Hall–Kier alpha value is -1.49. The van der Waals surface area contributed by atoms with Crippen LogP contribution in [-0.4, -0.2) is 31.0 Å². The molecule has 18 heavy (non-hydrogen) atoms. The first-order valence-corrected chi connectivity index (χ1v) is 6.07. The Morgan fingerprint density at radius 1 is 1.39 bits per heavy atom. The van der Waals surface area contributed by atoms with Gasteiger partial charge in [-0.15, -0.1) is 0 Å². The molecule has 0 radical (unpaired) electrons. The quantitative estimate of drug-likeness (QED) is 0.823. The fourth-order valence-electron chi connectivity index (χ4n) is 2.65. The molecule has 1 amide bonds. The monoisotopic (exact) mass is 252 g/mol. The molecule has 0 saturated carbocycles. The number of para-hydroxylation sites is 1. The standard InChI is InChI=1S/C13H14F2N2O/c14-13(15)7-10(16-8-13)12(18)17-6-5-9-3-1-2-4-11(9)17/h1-4,10,16H,5-8H2. The van der Waals surface area contributed by atoms with Crippen molar-refractivity contribution in [2.45, 2.75) is 24.8 Å². The largest absolute Gasteiger partial charge is 0.310 e. The summed E-state index contributed by atoms with van der Waals surface area (Å²) < 4.78 is 26.2. The highest BCUT2D eigenvalue weighted by Crippen LogP contribution is 2.31. The van der Waals surface area contributed by atoms with E-state index in [1.807, 2.05) is 24.3 Å². The van der Waals surface area contributed by atoms with Crippen molar-refractivity contribution in [1.82, 2.24) is 5.32 Å². The molecule has 1 aromatic carbocycles. The number of alkyl halides is 2. The van der Waals surface area contributed by atoms with Gasteiger partial charge in [0.15, 0.2) is 0 Å². The predicted molar refractivity (Wildman–Crippen MR) is 63.9 cm³/mol. The number of hydrogen-bond donors (Lipinski definition) is 1. The van der Waals surface area contributed by atoms with E-state index in [-0.39, 0.29) is 5.91 Å². The van der Waals surface area contributed by atoms with Gasteiger partial charge in [0.1, 0.15) is 0 Å². The molecule has 5 heteroatoms. The van der Waals surface area contributed by atoms with Gasteiger partial charge in [0.2, 0.25) is 5.91 Å². The summed E-state index contributed by atoms with van der Waals surface area (Å²) in [6.07, 6.45) is 0.398. The van der Waals surface area contributed by atoms with Crippen LogP contribution in [0.2, 0.25) is 0 Å². The minimum absolute atomic E-state index is 0.239. The Bertz CT molecular complexity index is 490. The lowest BCUT2D eigenvalue weighted by atomic mass is 10.1. The number of carbonyl (C=O) groups is 1. The number of halogens is 2. The first-order valence-electron chi connectivity index (χ1n) is 6.07. The first-order chi connectivity index (χ1) is 8.57. The molecule has 2 aliphatic heterocycles. The van der Waals surface area contributed by atoms with Crippen molar-refractivity contribution in [2.75, 3.05) is 18.0 Å². The molecule has 0 bridgehead atoms. The molecule has 1 aromatic rings. The number of amides is 1. The molecule has 96 valence electrons. The van der Waals surface area contributed by atoms with Crippen LogP contribution in [0, 0.1) is 0 Å². The lowest BCUT2D eigenvalue weighted by Gasteiger charge is -2.21. The second-order valence-corrected chi connectivity index (χ2v) is 4.86. The molecular weight excluding hydrogens is 238 g/mol. The van der Waals surface area contributed by atoms with Crippen LogP contribution in [0.25, 0.3) is 0 Å². The fraction of sp³-hybridized carbons (Fsp3) is 0.462. The minimum Gasteiger partial charge on any atom is -0.310 e. The summed E-state index contributed by atoms with van der Waals surface area (Å²) in [6.45, 7) is 0.181. The van der Waals surface area contributed by atoms with E-state index < -0.39 is 24.9 Å². The maximum Gasteiger partial charge on any atom is 0.262 e. The summed E-state index contributed by atoms with van der Waals surface area (Å²) in [5.74, 6) is -3.00. The van der Waals surface area contributed by atoms with Crippen LogP contribution in [0.15, 0.2) is 24.3 Å². The van der Waals surface area contributed by atoms with Crippen molar-refractivity contribution < 1.29 is 13.6 Å². The molecule has 3 nitrogen and oxygen atoms in total. The first kappa shape index (κ1) is 11.6. The normalized spacial score (nSPS) is 25.2. The highest BCUT2D eigenvalue weighted by Gasteiger charge is 2.44. The summed E-state index contributed by atoms with van der Waals surface area (Å²) >= 11 is 0. The van der Waals surface area contributed by atoms with E-state index in [9.17, 15) is 13.6 Å². The van der Waals surface area contributed by atoms with Gasteiger partial charge in [0.05, 0.1) is 12.6 Å². The number of hydrogen-bond acceptors (Lipinski definition) is 2. The summed E-state index contributed by atoms with van der Waals surface area (Å²) in [5.41, 5.74) is 1.97. The third-order valence-electron chi connectivity index (χ3n) is 3.56. The SMILES string of the molecule is O=C(C1CC(F)(F)CN1)N1CCc2ccccc21. The minimum atomic E-state index is -2.76. The second kappa shape index (κ2) is 4.02. The maximum atomic E-state index is 13.1. The van der Waals surface area contributed by atoms with Gasteiger partial charge in [-0.05, 0) is 18.1 Å². The molecule has 0 aliphatic carbocycles. The number of benzene rings is 1. The highest BCUT2D eigenvalue weighted by molar-refractivity contribution is 5.99. The van der Waals surface area contributed by atoms with Crippen LogP contribution in [0.3, 0.4) is 0 Å². The number of nitrogens with zero attached hydrogens (tertiary/aromatic N) is 1. The molecular formula is C13H14F2N2O. The molecule has 1 unspecified atom stereocenters. The molecule has 0 aromatic heterocycles. The lowest BCUT2D eigenvalue weighted by molar-refractivity contribution is -0.120. The number of fused-ring (bicyclic) bond motifs is 1. The van der Waals surface area contributed by atoms with E-state index >= 15 is 0 Å². The molecule has 2 heterocycles. The number of rotatable bonds is 1. The van der Waals surface area contributed by atoms with Gasteiger partial charge in [-0.1, -0.05) is 18.2 Å². The number of anilines is 1. The van der Waals surface area contributed by atoms with E-state index in [2.05, 4.69) is 5.32 Å². The van der Waals surface area contributed by atoms with Crippen molar-refractivity contribution in [3.63, 3.8) is 0 Å². The van der Waals surface area contributed by atoms with Crippen LogP contribution >= 0.6 is 0 Å². The smallest absolute Gasteiger partial charge is 0.262 e. The van der Waals surface area contributed by atoms with Crippen LogP contribution in [0.4, 0.5) is 14.5 Å². The number of nitrogens with one attached hydrogen (secondary N) is 1. The van der Waals surface area contributed by atoms with E-state index in [1.165, 1.54) is 0 Å². The summed E-state index contributed by atoms with van der Waals surface area (Å²) in [4.78, 5) is 13.8. The van der Waals surface area contributed by atoms with E-state index in [1.54, 1.807) is 4.90 Å². The third-order valence-corrected chi connectivity index (χ3v) is 3.56. The van der Waals surface area contributed by atoms with Gasteiger partial charge in [-0.2, -0.15) is 0 Å². The Morgan fingerprint density at radius 3 is 2.89 bits per heavy atom. The van der Waals surface area contributed by atoms with Crippen molar-refractivity contribution in [3.05, 3.63) is 29.8 Å². The number of carbonyl (C=O) groups excluding carboxylic acids is 1. The summed E-state index contributed by atoms with van der Waals surface area (Å²) in [6, 6.07) is 6.87. The zero-order valence-electron chi connectivity index (χ0n) is 9.83. The molecule has 1 N–H and O–H groups in total. The van der Waals surface area contributed by atoms with Gasteiger partial charge in [0, 0.05) is 18.7 Å². The van der Waals surface area contributed by atoms with E-state index in [0.29, 0.717) is 6.54 Å². The average molecular weight is 252 g/mol. The topological polar surface area (TPSA) is 32.3 Å². The van der Waals surface area contributed by atoms with Gasteiger partial charge >= 0.3 is 0 Å². The van der Waals surface area contributed by atoms with Crippen LogP contribution in [-0.2, 0) is 11.2 Å². The Morgan fingerprint density at radius 2 is 2.17 bits per heavy atom. The fourth-order valence-corrected chi connectivity index (χ4v) is 2.65. The Balaban J connectivity index is 1.79. The van der Waals surface area contributed by atoms with E-state index in [4.69, 9.17) is 0 Å². The molecule has 1 atom stereocenters. The zero-order chi connectivity index (χ0) is 12.8. The van der Waals surface area contributed by atoms with Crippen molar-refractivity contribution >= 4 is 11.6 Å². The zero-order valence-corrected chi connectivity index (χ0v) is 9.83. The molecule has 1 fully saturated rings. The van der Waals surface area contributed by atoms with Crippen molar-refractivity contribution in [2.24, 2.45) is 0 Å². The Labute approximate surface area is 104 Å². The second-order valence-electron chi connectivity index (χ2n) is 4.86. The molecule has 3 rings (SSSR count). The van der Waals surface area contributed by atoms with Crippen molar-refractivity contribution in [3.8, 4) is 0 Å². The average Bonchev–Trinajstić information content (AvgIpc) is 2.91. The van der Waals surface area contributed by atoms with Crippen LogP contribution < -0.4 is 10.2 Å². The van der Waals surface area contributed by atoms with Crippen LogP contribution in [0.5, 0.6) is 0 Å². The lowest BCUT2D eigenvalue weighted by Crippen LogP contribution is -2.42. The van der Waals surface area contributed by atoms with Gasteiger partial charge in [-0.3, -0.25) is 10.1 Å². The van der Waals surface area contributed by atoms with Crippen LogP contribution in [0.1, 0.15) is 12.0 Å². The molecule has 1 saturated heterocycles. The highest BCUT2D eigenvalue weighted by atomic mass is 19.3.